The second kappa shape index (κ2) is 50.4. The van der Waals surface area contributed by atoms with Gasteiger partial charge in [0.05, 0.1) is 54.2 Å². The molecule has 7 N–H and O–H groups in total. The summed E-state index contributed by atoms with van der Waals surface area (Å²) in [6.07, 6.45) is 28.0. The van der Waals surface area contributed by atoms with Crippen molar-refractivity contribution in [2.75, 3.05) is 65.9 Å². The Hall–Kier alpha value is -12.4. The molecule has 0 aliphatic heterocycles. The molecule has 9 aromatic carbocycles. The van der Waals surface area contributed by atoms with Crippen molar-refractivity contribution in [3.8, 4) is 51.6 Å². The first-order valence-electron chi connectivity index (χ1n) is 44.3. The van der Waals surface area contributed by atoms with Gasteiger partial charge in [0.2, 0.25) is 0 Å². The normalized spacial score (nSPS) is 11.6. The van der Waals surface area contributed by atoms with Crippen molar-refractivity contribution >= 4 is 137 Å². The number of aryl methyl sites for hydroxylation is 2. The van der Waals surface area contributed by atoms with Crippen LogP contribution in [-0.4, -0.2) is 128 Å². The largest absolute Gasteiger partial charge is 0.506 e. The maximum Gasteiger partial charge on any atom is 0.368 e. The van der Waals surface area contributed by atoms with Gasteiger partial charge in [-0.1, -0.05) is 227 Å². The van der Waals surface area contributed by atoms with Crippen molar-refractivity contribution in [3.63, 3.8) is 0 Å². The van der Waals surface area contributed by atoms with E-state index in [1.54, 1.807) is 121 Å². The summed E-state index contributed by atoms with van der Waals surface area (Å²) < 4.78 is 69.5. The van der Waals surface area contributed by atoms with Gasteiger partial charge in [-0.15, -0.1) is 25.0 Å². The van der Waals surface area contributed by atoms with Crippen LogP contribution in [0.5, 0.6) is 40.2 Å². The monoisotopic (exact) mass is 1830 g/mol. The fourth-order valence-corrected chi connectivity index (χ4v) is 16.5. The number of para-hydroxylation sites is 3. The van der Waals surface area contributed by atoms with Crippen LogP contribution in [0.2, 0.25) is 0 Å². The number of phenols is 1. The Balaban J connectivity index is 0.000000273. The Bertz CT molecular complexity index is 5680. The van der Waals surface area contributed by atoms with Crippen molar-refractivity contribution in [3.05, 3.63) is 216 Å². The molecular weight excluding hydrogens is 1710 g/mol. The number of carbonyl (C=O) groups is 5. The minimum Gasteiger partial charge on any atom is -0.506 e. The summed E-state index contributed by atoms with van der Waals surface area (Å²) in [6, 6.07) is 52.9. The van der Waals surface area contributed by atoms with Gasteiger partial charge in [-0.05, 0) is 183 Å². The van der Waals surface area contributed by atoms with Crippen LogP contribution in [-0.2, 0) is 22.5 Å². The van der Waals surface area contributed by atoms with Gasteiger partial charge in [-0.25, -0.2) is 9.59 Å². The molecule has 2 unspecified atom stereocenters. The number of anilines is 5. The highest BCUT2D eigenvalue weighted by Crippen LogP contribution is 2.40. The predicted molar refractivity (Wildman–Crippen MR) is 517 cm³/mol. The first-order chi connectivity index (χ1) is 62.7. The second-order valence-electron chi connectivity index (χ2n) is 31.3. The number of fused-ring (bicyclic) bond motifs is 3. The number of benzene rings is 9. The zero-order valence-corrected chi connectivity index (χ0v) is 77.7. The number of aromatic hydroxyl groups is 1. The lowest BCUT2D eigenvalue weighted by atomic mass is 10.0. The number of H-pyrrole nitrogens is 1. The highest BCUT2D eigenvalue weighted by Gasteiger charge is 2.28. The number of aromatic nitrogens is 7. The molecule has 0 spiro atoms. The number of esters is 1. The molecule has 129 heavy (non-hydrogen) atoms. The second-order valence-corrected chi connectivity index (χ2v) is 34.4. The highest BCUT2D eigenvalue weighted by atomic mass is 32.2. The fraction of sp³-hybridized carbons (Fsp3) is 0.361. The van der Waals surface area contributed by atoms with Crippen molar-refractivity contribution in [1.82, 2.24) is 45.0 Å². The Labute approximate surface area is 768 Å². The fourth-order valence-electron chi connectivity index (χ4n) is 14.3. The summed E-state index contributed by atoms with van der Waals surface area (Å²) in [5, 5.41) is 39.2. The molecule has 0 saturated carbocycles. The zero-order valence-electron chi connectivity index (χ0n) is 74.5. The molecule has 12 aromatic rings. The van der Waals surface area contributed by atoms with E-state index in [1.807, 2.05) is 68.4 Å². The lowest BCUT2D eigenvalue weighted by molar-refractivity contribution is 0.0733. The lowest BCUT2D eigenvalue weighted by Crippen LogP contribution is -2.37. The number of methoxy groups -OCH3 is 1. The summed E-state index contributed by atoms with van der Waals surface area (Å²) in [5.41, 5.74) is 5.68. The maximum atomic E-state index is 14.1. The molecule has 3 aromatic heterocycles. The molecule has 0 aliphatic rings. The van der Waals surface area contributed by atoms with Gasteiger partial charge in [0, 0.05) is 53.6 Å². The summed E-state index contributed by atoms with van der Waals surface area (Å²) in [5.74, 6) is 0.605. The van der Waals surface area contributed by atoms with Gasteiger partial charge in [0.1, 0.15) is 28.3 Å². The van der Waals surface area contributed by atoms with Gasteiger partial charge in [-0.3, -0.25) is 28.7 Å². The van der Waals surface area contributed by atoms with Crippen LogP contribution >= 0.6 is 24.0 Å². The summed E-state index contributed by atoms with van der Waals surface area (Å²) in [4.78, 5) is 74.8. The number of thioether (sulfide) groups is 1. The maximum absolute atomic E-state index is 14.1. The zero-order chi connectivity index (χ0) is 91.4. The molecule has 682 valence electrons. The van der Waals surface area contributed by atoms with E-state index in [1.165, 1.54) is 139 Å². The molecule has 12 rings (SSSR count). The number of imide groups is 1. The number of nitrogens with zero attached hydrogens (tertiary/aromatic N) is 8. The van der Waals surface area contributed by atoms with Gasteiger partial charge < -0.3 is 58.3 Å². The molecule has 0 aliphatic carbocycles. The number of ether oxygens (including phenoxy) is 4. The Morgan fingerprint density at radius 2 is 1.11 bits per heavy atom. The molecule has 0 bridgehead atoms. The predicted octanol–water partition coefficient (Wildman–Crippen LogP) is 22.8. The number of amides is 4. The highest BCUT2D eigenvalue weighted by molar-refractivity contribution is 8.14. The molecule has 4 amide bonds. The van der Waals surface area contributed by atoms with Gasteiger partial charge >= 0.3 is 34.5 Å². The molecule has 2 atom stereocenters. The van der Waals surface area contributed by atoms with Crippen LogP contribution in [0.25, 0.3) is 38.8 Å². The summed E-state index contributed by atoms with van der Waals surface area (Å²) in [7, 11) is 4.55. The van der Waals surface area contributed by atoms with E-state index in [9.17, 15) is 37.5 Å². The minimum absolute atomic E-state index is 0.127. The van der Waals surface area contributed by atoms with E-state index < -0.39 is 46.3 Å². The number of rotatable bonds is 47. The first-order valence-corrected chi connectivity index (χ1v) is 47.6. The van der Waals surface area contributed by atoms with E-state index in [4.69, 9.17) is 39.5 Å². The Kier molecular flexibility index (Phi) is 38.0. The minimum atomic E-state index is -2.16. The van der Waals surface area contributed by atoms with E-state index in [-0.39, 0.29) is 56.2 Å². The molecular formula is C97H116N14O14S4. The van der Waals surface area contributed by atoms with Gasteiger partial charge in [-0.2, -0.15) is 8.42 Å². The quantitative estimate of drug-likeness (QED) is 0.00612. The van der Waals surface area contributed by atoms with Crippen LogP contribution in [0.4, 0.5) is 38.0 Å². The molecule has 3 heterocycles. The number of unbranched alkanes of at least 4 members (excludes halogenated alkanes) is 21. The van der Waals surface area contributed by atoms with Crippen molar-refractivity contribution in [2.24, 2.45) is 0 Å². The van der Waals surface area contributed by atoms with E-state index >= 15 is 0 Å². The number of phenolic OH excluding ortho intramolecular Hbond substituents is 1. The SMILES string of the molecule is CCCCCCCCCCCCCCN(C(=O)Sc1cccc(NC(=S)NC)c1)c1cccc2c(O)c(C(=O)Nc3ccccc3OC)ccc12.CCCCCCCCOc1ccc(C)cc1OS(=O)Nc1cc(NS(=O)Oc2cc(C)ccc2OCCCCCCCC)cc(-c2nn3nc(C(=O)N(C)C(=O)n4nc5ccc(C(=O)Oc6ccccc6)cc5n4)cc3[nH]2)c1. The number of aromatic amines is 1. The summed E-state index contributed by atoms with van der Waals surface area (Å²) in [6.45, 7) is 11.9. The lowest BCUT2D eigenvalue weighted by Gasteiger charge is -2.24. The Morgan fingerprint density at radius 1 is 0.535 bits per heavy atom. The van der Waals surface area contributed by atoms with Crippen LogP contribution in [0.3, 0.4) is 0 Å². The standard InChI is InChI=1S/C56H64N10O10S2.C41H52N4O4S2/c1-6-8-10-12-14-19-29-72-48-27-23-38(3)31-50(48)75-77(70)62-42-33-41(34-43(36-42)63-78(71)76-51-32-39(4)24-28-49(51)73-30-20-15-13-11-9-7-2)53-57-52-37-47(60-65(52)61-53)54(67)64(5)56(69)66-58-45-26-25-40(35-46(45)59-66)55(68)74-44-21-17-16-18-22-44;1-4-5-6-7-8-9-10-11-12-13-14-17-28-45(41(48)51-31-21-18-20-30(29-31)43-40(50)42-2)36-24-19-22-33-32(36)26-27-34(38(33)46)39(47)44-35-23-15-16-25-37(35)49-3/h16-18,21-28,31-37,62-63H,6-15,19-20,29-30H2,1-5H3,(H,57,61);15-16,18-27,29,46H,4-14,17,28H2,1-3H3,(H,44,47)(H2,42,43,50). The average Bonchev–Trinajstić information content (AvgIpc) is 1.30. The van der Waals surface area contributed by atoms with E-state index in [2.05, 4.69) is 71.5 Å². The van der Waals surface area contributed by atoms with Crippen LogP contribution < -0.4 is 57.6 Å². The average molecular weight is 1830 g/mol. The van der Waals surface area contributed by atoms with Gasteiger partial charge in [0.15, 0.2) is 45.3 Å². The summed E-state index contributed by atoms with van der Waals surface area (Å²) >= 11 is 2.08. The third kappa shape index (κ3) is 29.1. The number of carbonyl (C=O) groups excluding carboxylic acids is 5. The molecule has 28 nitrogen and oxygen atoms in total. The number of nitrogens with one attached hydrogen (secondary N) is 6. The van der Waals surface area contributed by atoms with E-state index in [0.717, 1.165) is 101 Å². The molecule has 32 heteroatoms. The Morgan fingerprint density at radius 3 is 1.71 bits per heavy atom. The number of hydrogen-bond acceptors (Lipinski definition) is 20. The van der Waals surface area contributed by atoms with Crippen molar-refractivity contribution in [1.29, 1.82) is 0 Å². The topological polar surface area (TPSA) is 338 Å². The number of thiocarbonyl (C=S) groups is 1. The third-order valence-electron chi connectivity index (χ3n) is 21.2. The van der Waals surface area contributed by atoms with Crippen molar-refractivity contribution in [2.45, 2.75) is 194 Å². The van der Waals surface area contributed by atoms with Crippen LogP contribution in [0, 0.1) is 13.8 Å². The molecule has 0 radical (unpaired) electrons. The number of hydrogen-bond donors (Lipinski definition) is 7. The first kappa shape index (κ1) is 97.2. The van der Waals surface area contributed by atoms with Crippen LogP contribution in [0.1, 0.15) is 217 Å². The van der Waals surface area contributed by atoms with E-state index in [0.29, 0.717) is 92.6 Å². The molecule has 0 saturated heterocycles. The van der Waals surface area contributed by atoms with Gasteiger partial charge in [0.25, 0.3) is 17.1 Å². The third-order valence-corrected chi connectivity index (χ3v) is 23.9. The van der Waals surface area contributed by atoms with Crippen molar-refractivity contribution < 1.29 is 64.8 Å². The smallest absolute Gasteiger partial charge is 0.368 e. The van der Waals surface area contributed by atoms with Crippen LogP contribution in [0.15, 0.2) is 193 Å². The molecule has 0 fully saturated rings.